The molecule has 1 aromatic heterocycles. The molecule has 0 radical (unpaired) electrons. The summed E-state index contributed by atoms with van der Waals surface area (Å²) in [6.07, 6.45) is 4.28. The molecule has 1 saturated heterocycles. The van der Waals surface area contributed by atoms with Crippen LogP contribution in [-0.2, 0) is 7.05 Å². The first-order chi connectivity index (χ1) is 7.20. The van der Waals surface area contributed by atoms with Gasteiger partial charge in [-0.25, -0.2) is 4.98 Å². The van der Waals surface area contributed by atoms with Crippen molar-refractivity contribution in [1.82, 2.24) is 14.9 Å². The molecule has 1 N–H and O–H groups in total. The van der Waals surface area contributed by atoms with Crippen LogP contribution in [0.25, 0.3) is 0 Å². The van der Waals surface area contributed by atoms with E-state index in [1.165, 1.54) is 18.5 Å². The van der Waals surface area contributed by atoms with Gasteiger partial charge in [-0.2, -0.15) is 0 Å². The van der Waals surface area contributed by atoms with Gasteiger partial charge in [0.15, 0.2) is 5.15 Å². The number of aromatic nitrogens is 2. The van der Waals surface area contributed by atoms with Gasteiger partial charge < -0.3 is 9.88 Å². The molecule has 0 aromatic carbocycles. The lowest BCUT2D eigenvalue weighted by molar-refractivity contribution is 0.323. The van der Waals surface area contributed by atoms with Gasteiger partial charge in [-0.3, -0.25) is 0 Å². The number of aryl methyl sites for hydroxylation is 1. The molecule has 2 heterocycles. The third-order valence-electron chi connectivity index (χ3n) is 3.46. The molecule has 0 aliphatic carbocycles. The van der Waals surface area contributed by atoms with Crippen molar-refractivity contribution >= 4 is 11.6 Å². The molecular weight excluding hydrogens is 210 g/mol. The van der Waals surface area contributed by atoms with Gasteiger partial charge in [0, 0.05) is 13.0 Å². The molecule has 84 valence electrons. The maximum Gasteiger partial charge on any atom is 0.150 e. The van der Waals surface area contributed by atoms with Gasteiger partial charge in [0.25, 0.3) is 0 Å². The van der Waals surface area contributed by atoms with E-state index in [9.17, 15) is 0 Å². The van der Waals surface area contributed by atoms with Gasteiger partial charge in [0.1, 0.15) is 0 Å². The summed E-state index contributed by atoms with van der Waals surface area (Å²) in [6, 6.07) is 0. The lowest BCUT2D eigenvalue weighted by atomic mass is 9.84. The summed E-state index contributed by atoms with van der Waals surface area (Å²) >= 11 is 6.11. The summed E-state index contributed by atoms with van der Waals surface area (Å²) in [5.41, 5.74) is 1.18. The topological polar surface area (TPSA) is 29.9 Å². The fourth-order valence-corrected chi connectivity index (χ4v) is 2.84. The van der Waals surface area contributed by atoms with E-state index in [4.69, 9.17) is 11.6 Å². The second kappa shape index (κ2) is 4.54. The molecule has 1 atom stereocenters. The molecule has 0 saturated carbocycles. The third kappa shape index (κ3) is 2.18. The number of piperidine rings is 1. The number of nitrogens with one attached hydrogen (secondary N) is 1. The quantitative estimate of drug-likeness (QED) is 0.840. The highest BCUT2D eigenvalue weighted by Gasteiger charge is 2.25. The Kier molecular flexibility index (Phi) is 3.32. The summed E-state index contributed by atoms with van der Waals surface area (Å²) < 4.78 is 2.05. The Morgan fingerprint density at radius 3 is 2.73 bits per heavy atom. The summed E-state index contributed by atoms with van der Waals surface area (Å²) in [5.74, 6) is 1.24. The molecule has 4 heteroatoms. The van der Waals surface area contributed by atoms with Crippen LogP contribution in [0.4, 0.5) is 0 Å². The van der Waals surface area contributed by atoms with Gasteiger partial charge in [0.2, 0.25) is 0 Å². The van der Waals surface area contributed by atoms with Crippen LogP contribution in [-0.4, -0.2) is 22.6 Å². The van der Waals surface area contributed by atoms with E-state index in [1.807, 2.05) is 7.05 Å². The fourth-order valence-electron chi connectivity index (χ4n) is 2.49. The number of hydrogen-bond donors (Lipinski definition) is 1. The van der Waals surface area contributed by atoms with E-state index in [0.717, 1.165) is 19.0 Å². The van der Waals surface area contributed by atoms with Crippen LogP contribution >= 0.6 is 11.6 Å². The second-order valence-corrected chi connectivity index (χ2v) is 4.77. The van der Waals surface area contributed by atoms with Crippen molar-refractivity contribution in [2.75, 3.05) is 13.1 Å². The Morgan fingerprint density at radius 1 is 1.53 bits per heavy atom. The zero-order valence-corrected chi connectivity index (χ0v) is 10.1. The Labute approximate surface area is 95.8 Å². The van der Waals surface area contributed by atoms with Crippen molar-refractivity contribution in [2.24, 2.45) is 13.0 Å². The molecule has 1 aromatic rings. The Hall–Kier alpha value is -0.540. The average Bonchev–Trinajstić information content (AvgIpc) is 2.59. The monoisotopic (exact) mass is 227 g/mol. The minimum Gasteiger partial charge on any atom is -0.336 e. The average molecular weight is 228 g/mol. The predicted molar refractivity (Wildman–Crippen MR) is 62.2 cm³/mol. The van der Waals surface area contributed by atoms with Crippen LogP contribution in [0, 0.1) is 5.92 Å². The van der Waals surface area contributed by atoms with Crippen molar-refractivity contribution in [3.8, 4) is 0 Å². The number of hydrogen-bond acceptors (Lipinski definition) is 2. The lowest BCUT2D eigenvalue weighted by Gasteiger charge is -2.28. The maximum absolute atomic E-state index is 6.11. The highest BCUT2D eigenvalue weighted by Crippen LogP contribution is 2.33. The standard InChI is InChI=1S/C11H18ClN3/c1-8(9-3-5-13-6-4-9)10-11(12)14-7-15(10)2/h7-9,13H,3-6H2,1-2H3. The summed E-state index contributed by atoms with van der Waals surface area (Å²) in [4.78, 5) is 4.14. The normalized spacial score (nSPS) is 20.5. The number of imidazole rings is 1. The lowest BCUT2D eigenvalue weighted by Crippen LogP contribution is -2.30. The Balaban J connectivity index is 2.15. The van der Waals surface area contributed by atoms with Crippen LogP contribution in [0.2, 0.25) is 5.15 Å². The summed E-state index contributed by atoms with van der Waals surface area (Å²) in [5, 5.41) is 4.06. The molecule has 0 spiro atoms. The molecule has 2 rings (SSSR count). The molecule has 1 aliphatic heterocycles. The summed E-state index contributed by atoms with van der Waals surface area (Å²) in [7, 11) is 2.02. The Morgan fingerprint density at radius 2 is 2.20 bits per heavy atom. The minimum absolute atomic E-state index is 0.507. The van der Waals surface area contributed by atoms with E-state index >= 15 is 0 Å². The predicted octanol–water partition coefficient (Wildman–Crippen LogP) is 2.18. The smallest absolute Gasteiger partial charge is 0.150 e. The molecule has 0 bridgehead atoms. The molecule has 0 amide bonds. The summed E-state index contributed by atoms with van der Waals surface area (Å²) in [6.45, 7) is 4.52. The third-order valence-corrected chi connectivity index (χ3v) is 3.75. The zero-order valence-electron chi connectivity index (χ0n) is 9.33. The Bertz CT molecular complexity index is 309. The van der Waals surface area contributed by atoms with Gasteiger partial charge in [0.05, 0.1) is 12.0 Å². The van der Waals surface area contributed by atoms with Crippen LogP contribution < -0.4 is 5.32 Å². The number of rotatable bonds is 2. The highest BCUT2D eigenvalue weighted by atomic mass is 35.5. The fraction of sp³-hybridized carbons (Fsp3) is 0.727. The molecule has 15 heavy (non-hydrogen) atoms. The second-order valence-electron chi connectivity index (χ2n) is 4.41. The van der Waals surface area contributed by atoms with Crippen molar-refractivity contribution in [3.05, 3.63) is 17.2 Å². The van der Waals surface area contributed by atoms with Crippen molar-refractivity contribution < 1.29 is 0 Å². The molecule has 1 unspecified atom stereocenters. The van der Waals surface area contributed by atoms with Crippen molar-refractivity contribution in [3.63, 3.8) is 0 Å². The highest BCUT2D eigenvalue weighted by molar-refractivity contribution is 6.30. The van der Waals surface area contributed by atoms with Crippen LogP contribution in [0.5, 0.6) is 0 Å². The number of halogens is 1. The first kappa shape index (κ1) is 11.0. The van der Waals surface area contributed by atoms with Crippen LogP contribution in [0.1, 0.15) is 31.4 Å². The largest absolute Gasteiger partial charge is 0.336 e. The molecule has 3 nitrogen and oxygen atoms in total. The first-order valence-electron chi connectivity index (χ1n) is 5.57. The SMILES string of the molecule is CC(c1c(Cl)ncn1C)C1CCNCC1. The van der Waals surface area contributed by atoms with E-state index < -0.39 is 0 Å². The van der Waals surface area contributed by atoms with E-state index in [0.29, 0.717) is 11.1 Å². The van der Waals surface area contributed by atoms with Gasteiger partial charge in [-0.15, -0.1) is 0 Å². The maximum atomic E-state index is 6.11. The van der Waals surface area contributed by atoms with E-state index in [-0.39, 0.29) is 0 Å². The first-order valence-corrected chi connectivity index (χ1v) is 5.95. The van der Waals surface area contributed by atoms with Crippen LogP contribution in [0.15, 0.2) is 6.33 Å². The van der Waals surface area contributed by atoms with E-state index in [2.05, 4.69) is 21.8 Å². The zero-order chi connectivity index (χ0) is 10.8. The van der Waals surface area contributed by atoms with E-state index in [1.54, 1.807) is 6.33 Å². The number of nitrogens with zero attached hydrogens (tertiary/aromatic N) is 2. The molecule has 1 fully saturated rings. The van der Waals surface area contributed by atoms with Crippen molar-refractivity contribution in [1.29, 1.82) is 0 Å². The van der Waals surface area contributed by atoms with Gasteiger partial charge in [-0.05, 0) is 31.8 Å². The van der Waals surface area contributed by atoms with Gasteiger partial charge >= 0.3 is 0 Å². The van der Waals surface area contributed by atoms with Gasteiger partial charge in [-0.1, -0.05) is 18.5 Å². The van der Waals surface area contributed by atoms with Crippen molar-refractivity contribution in [2.45, 2.75) is 25.7 Å². The minimum atomic E-state index is 0.507. The van der Waals surface area contributed by atoms with Crippen LogP contribution in [0.3, 0.4) is 0 Å². The molecule has 1 aliphatic rings. The molecular formula is C11H18ClN3.